The predicted octanol–water partition coefficient (Wildman–Crippen LogP) is 12.2. The molecule has 35 nitrogen and oxygen atoms in total. The smallest absolute Gasteiger partial charge is 0.341 e. The third-order valence-electron chi connectivity index (χ3n) is 31.6. The topological polar surface area (TPSA) is 489 Å². The molecule has 32 atom stereocenters. The van der Waals surface area contributed by atoms with Crippen molar-refractivity contribution in [1.82, 2.24) is 0 Å². The summed E-state index contributed by atoms with van der Waals surface area (Å²) in [5, 5.41) is 28.2. The van der Waals surface area contributed by atoms with Crippen LogP contribution in [0, 0.1) is 35.5 Å². The first-order chi connectivity index (χ1) is 69.6. The second kappa shape index (κ2) is 46.5. The molecule has 0 radical (unpaired) electrons. The number of hydrogen-bond acceptors (Lipinski definition) is 35. The lowest BCUT2D eigenvalue weighted by molar-refractivity contribution is -0.173. The normalized spacial score (nSPS) is 41.5. The van der Waals surface area contributed by atoms with E-state index in [4.69, 9.17) is 100.0 Å². The fourth-order valence-corrected chi connectivity index (χ4v) is 21.4. The van der Waals surface area contributed by atoms with E-state index < -0.39 is 156 Å². The van der Waals surface area contributed by atoms with Crippen molar-refractivity contribution in [3.8, 4) is 0 Å². The number of carbonyl (C=O) groups is 12. The molecular weight excluding hydrogens is 1920 g/mol. The van der Waals surface area contributed by atoms with Crippen LogP contribution >= 0.6 is 0 Å². The molecule has 19 aliphatic rings. The van der Waals surface area contributed by atoms with Crippen LogP contribution < -0.4 is 0 Å². The average Bonchev–Trinajstić information content (AvgIpc) is 1.52. The van der Waals surface area contributed by atoms with Crippen LogP contribution in [0.1, 0.15) is 220 Å². The summed E-state index contributed by atoms with van der Waals surface area (Å²) < 4.78 is 102. The van der Waals surface area contributed by atoms with Gasteiger partial charge in [-0.25, -0.2) is 52.7 Å². The third kappa shape index (κ3) is 25.7. The van der Waals surface area contributed by atoms with Crippen molar-refractivity contribution in [2.24, 2.45) is 35.5 Å². The number of ether oxygens (including phenoxy) is 18. The van der Waals surface area contributed by atoms with E-state index in [1.54, 1.807) is 40.7 Å². The number of allylic oxidation sites excluding steroid dienone is 9. The van der Waals surface area contributed by atoms with E-state index in [9.17, 15) is 67.7 Å². The summed E-state index contributed by atoms with van der Waals surface area (Å²) in [4.78, 5) is 163. The van der Waals surface area contributed by atoms with Crippen LogP contribution in [0.4, 0.5) is 0 Å². The number of aliphatic hydroxyl groups is 3. The molecule has 0 spiro atoms. The summed E-state index contributed by atoms with van der Waals surface area (Å²) in [6, 6.07) is 0. The Morgan fingerprint density at radius 3 is 1.36 bits per heavy atom. The number of ketones is 1. The molecule has 148 heavy (non-hydrogen) atoms. The van der Waals surface area contributed by atoms with Gasteiger partial charge in [0.25, 0.3) is 0 Å². The summed E-state index contributed by atoms with van der Waals surface area (Å²) in [6.45, 7) is 62.3. The maximum Gasteiger partial charge on any atom is 0.341 e. The van der Waals surface area contributed by atoms with Gasteiger partial charge in [-0.2, -0.15) is 0 Å². The van der Waals surface area contributed by atoms with Crippen molar-refractivity contribution in [3.63, 3.8) is 0 Å². The number of fused-ring (bicyclic) bond motifs is 16. The first-order valence-corrected chi connectivity index (χ1v) is 50.4. The van der Waals surface area contributed by atoms with Gasteiger partial charge in [0, 0.05) is 77.9 Å². The van der Waals surface area contributed by atoms with E-state index in [0.717, 1.165) is 92.9 Å². The minimum atomic E-state index is -1.42. The molecule has 0 saturated carbocycles. The number of rotatable bonds is 11. The van der Waals surface area contributed by atoms with E-state index in [-0.39, 0.29) is 149 Å². The van der Waals surface area contributed by atoms with E-state index >= 15 is 0 Å². The monoisotopic (exact) mass is 2060 g/mol. The van der Waals surface area contributed by atoms with Crippen LogP contribution in [0.15, 0.2) is 191 Å². The Balaban J connectivity index is 0.000000158. The summed E-state index contributed by atoms with van der Waals surface area (Å²) in [7, 11) is 0. The van der Waals surface area contributed by atoms with Gasteiger partial charge in [-0.15, -0.1) is 0 Å². The number of aliphatic hydroxyl groups excluding tert-OH is 3. The van der Waals surface area contributed by atoms with Gasteiger partial charge >= 0.3 is 65.7 Å². The maximum atomic E-state index is 13.0. The number of carbonyl (C=O) groups excluding carboxylic acids is 14. The van der Waals surface area contributed by atoms with Gasteiger partial charge in [0.05, 0.1) is 65.6 Å². The van der Waals surface area contributed by atoms with Gasteiger partial charge in [0.1, 0.15) is 103 Å². The minimum Gasteiger partial charge on any atom is -0.458 e. The molecule has 35 heteroatoms. The summed E-state index contributed by atoms with van der Waals surface area (Å²) in [5.74, 6) is -5.14. The largest absolute Gasteiger partial charge is 0.458 e. The minimum absolute atomic E-state index is 0.0671. The molecule has 3 N–H and O–H groups in total. The fourth-order valence-electron chi connectivity index (χ4n) is 21.4. The van der Waals surface area contributed by atoms with Gasteiger partial charge < -0.3 is 101 Å². The van der Waals surface area contributed by atoms with Crippen LogP contribution in [0.2, 0.25) is 0 Å². The van der Waals surface area contributed by atoms with Crippen molar-refractivity contribution in [3.05, 3.63) is 191 Å². The van der Waals surface area contributed by atoms with Crippen LogP contribution in [-0.4, -0.2) is 268 Å². The maximum absolute atomic E-state index is 13.0. The number of esters is 11. The van der Waals surface area contributed by atoms with Crippen LogP contribution in [0.3, 0.4) is 0 Å². The molecule has 6 aliphatic carbocycles. The molecule has 0 bridgehead atoms. The summed E-state index contributed by atoms with van der Waals surface area (Å²) in [5.41, 5.74) is 6.26. The number of Topliss-reactive ketones (excluding diaryl/α,β-unsaturated/α-hetero) is 1. The molecule has 13 saturated heterocycles. The second-order valence-electron chi connectivity index (χ2n) is 42.6. The molecule has 0 amide bonds. The molecule has 0 aromatic rings. The lowest BCUT2D eigenvalue weighted by Gasteiger charge is -2.34. The lowest BCUT2D eigenvalue weighted by atomic mass is 9.80. The van der Waals surface area contributed by atoms with Crippen molar-refractivity contribution in [2.45, 2.75) is 376 Å². The lowest BCUT2D eigenvalue weighted by Crippen LogP contribution is -2.48. The van der Waals surface area contributed by atoms with E-state index in [0.29, 0.717) is 48.0 Å². The Morgan fingerprint density at radius 1 is 0.439 bits per heavy atom. The first-order valence-electron chi connectivity index (χ1n) is 50.4. The van der Waals surface area contributed by atoms with Crippen molar-refractivity contribution in [1.29, 1.82) is 0 Å². The van der Waals surface area contributed by atoms with E-state index in [1.807, 2.05) is 65.8 Å². The third-order valence-corrected chi connectivity index (χ3v) is 31.6. The van der Waals surface area contributed by atoms with Crippen LogP contribution in [0.5, 0.6) is 0 Å². The molecule has 13 aliphatic heterocycles. The Bertz CT molecular complexity index is 5680. The first kappa shape index (κ1) is 115. The van der Waals surface area contributed by atoms with Crippen LogP contribution in [0.25, 0.3) is 0 Å². The molecule has 19 rings (SSSR count). The molecule has 0 aromatic heterocycles. The number of epoxide rings is 7. The summed E-state index contributed by atoms with van der Waals surface area (Å²) in [6.07, 6.45) is 18.7. The Kier molecular flexibility index (Phi) is 36.2. The fraction of sp³-hybridized carbons (Fsp3) is 0.593. The van der Waals surface area contributed by atoms with E-state index in [2.05, 4.69) is 105 Å². The molecule has 804 valence electrons. The zero-order chi connectivity index (χ0) is 109. The van der Waals surface area contributed by atoms with E-state index in [1.165, 1.54) is 42.4 Å². The van der Waals surface area contributed by atoms with Crippen molar-refractivity contribution >= 4 is 83.3 Å². The van der Waals surface area contributed by atoms with Gasteiger partial charge in [-0.3, -0.25) is 14.4 Å². The molecule has 3 unspecified atom stereocenters. The Morgan fingerprint density at radius 2 is 0.851 bits per heavy atom. The highest BCUT2D eigenvalue weighted by Crippen LogP contribution is 2.58. The Hall–Kier alpha value is -11.6. The zero-order valence-electron chi connectivity index (χ0n) is 87.6. The zero-order valence-corrected chi connectivity index (χ0v) is 87.6. The van der Waals surface area contributed by atoms with Gasteiger partial charge in [0.2, 0.25) is 0 Å². The molecule has 13 heterocycles. The van der Waals surface area contributed by atoms with Crippen molar-refractivity contribution < 1.29 is 168 Å². The van der Waals surface area contributed by atoms with Gasteiger partial charge in [0.15, 0.2) is 41.4 Å². The van der Waals surface area contributed by atoms with Crippen LogP contribution in [-0.2, 0) is 152 Å². The second-order valence-corrected chi connectivity index (χ2v) is 42.6. The molecule has 13 fully saturated rings. The highest BCUT2D eigenvalue weighted by molar-refractivity contribution is 5.99. The predicted molar refractivity (Wildman–Crippen MR) is 531 cm³/mol. The standard InChI is InChI=1S/C22H26O9.C22H28O8.C20H26O7.C15H18O4.C15H20O3.C15H20O2.2C2H2O/c1-8-7-12-17(27-12)22(6)18(31-22)16-13(9(2)19(24)28-16)15(14(8)26-11(4)23)29-20(25)21(5)10(3)30-21;1-10-8-7-9-21(5)18(30-21)17-14(11(2)19(24)27-17)16(15(10)26-13(4)23)28-20(25)22(6)12(3)29-22;1-11-5-4-6-14(9-21)8-17-18(13(3)20(25)27-17)16(7-11)26-19(24)12(2)15(23)10-22;1-8-5-4-6-15(3)13(19-15)12-10(7-11(8)16)9(2)14(17)18-12;1-9-5-4-8-15(3)13(18-15)12-11(7-6-9)10(2)14(16)17-12;1-10-5-4-6-11(2)9-14-13(8-7-10)12(3)15(16)17-14;2*1-2-3/h7,10,12-18H,2H2,1,3-6H3;8,12,14-18H,2,7,9H2,1,3-6H3;5,8,15-18,21-23H,2-4,6-7,9-10H2,1H3;5,10,12-13H,2,4,6-7H2,1,3H3;5,11-13H,2,4,6-8H2,1,3H3;5,9,13-14H,3-4,6-8H2,1-2H3;2*1H2/b8-7-;10-8-;11-5+,14-8-;8-5+;9-5+;10-5+,11-9+;;/t10-,12+,13?,14-,15-,16-,17+,18+,21-,22+;12-,14?,15-,16-,17-,18+,21+,22-;15?,16-,17+,18+;10-,12-,13-,15+;11-,12-,13-,15+;13-,14+;;/m000000../s1. The number of hydrogen-bond donors (Lipinski definition) is 3. The SMILES string of the molecule is C=C(C(=O)O[C@H]1C/C(C)=C/CC/C(CO)=C/[C@H]2OC(=O)C(=C)[C@H]12)C(O)CO.C=C1C(=O)O[C@@H]2/C=C(\C)CC/C=C(\C)CC[C@@H]12.C=C1C(=O)O[C@H]2C1[C@H](OC(=O)[C@@]1(C)O[C@H]1C)[C@@H](OC(C)=O)/C(C)=C\CC[C@@]1(C)O[C@H]21.C=C1C(=O)O[C@H]2C1[C@H](OC(=O)[C@@]1(C)O[C@H]1C)[C@@H](OC(C)=O)/C(C)=C\[C@H]1O[C@H]1[C@@]1(C)O[C@H]21.C=C1C(=O)O[C@H]2[C@H]1CC(=O)/C(C)=C/CC[C@@]1(C)O[C@@H]21.C=C1C(=O)O[C@H]2[C@H]1CC/C(C)=C/CC[C@@]1(C)O[C@@H]21.C=C=O.C=C=O. The van der Waals surface area contributed by atoms with Crippen molar-refractivity contribution in [2.75, 3.05) is 13.2 Å². The average molecular weight is 2060 g/mol. The Labute approximate surface area is 863 Å². The summed E-state index contributed by atoms with van der Waals surface area (Å²) >= 11 is 0. The quantitative estimate of drug-likeness (QED) is 0.0432. The highest BCUT2D eigenvalue weighted by atomic mass is 16.7. The highest BCUT2D eigenvalue weighted by Gasteiger charge is 2.74. The van der Waals surface area contributed by atoms with Gasteiger partial charge in [-0.05, 0) is 241 Å². The molecule has 0 aromatic carbocycles. The van der Waals surface area contributed by atoms with Gasteiger partial charge in [-0.1, -0.05) is 105 Å². The molecular formula is C113H142O35.